The van der Waals surface area contributed by atoms with Gasteiger partial charge in [-0.2, -0.15) is 0 Å². The van der Waals surface area contributed by atoms with Crippen LogP contribution in [-0.2, 0) is 17.6 Å². The van der Waals surface area contributed by atoms with Crippen molar-refractivity contribution >= 4 is 11.4 Å². The van der Waals surface area contributed by atoms with Crippen molar-refractivity contribution in [3.8, 4) is 0 Å². The number of carbonyl (C=O) groups excluding carboxylic acids is 1. The van der Waals surface area contributed by atoms with E-state index in [-0.39, 0.29) is 0 Å². The number of carbonyl (C=O) groups is 1. The fraction of sp³-hybridized carbons (Fsp3) is 0.536. The number of nitrogens with zero attached hydrogens (tertiary/aromatic N) is 3. The minimum absolute atomic E-state index is 0.308. The molecule has 2 aliphatic carbocycles. The Bertz CT molecular complexity index is 996. The number of likely N-dealkylation sites (tertiary alicyclic amines) is 1. The molecule has 170 valence electrons. The van der Waals surface area contributed by atoms with Crippen LogP contribution in [0.15, 0.2) is 42.4 Å². The summed E-state index contributed by atoms with van der Waals surface area (Å²) in [6, 6.07) is 5.22. The van der Waals surface area contributed by atoms with Crippen LogP contribution < -0.4 is 0 Å². The number of rotatable bonds is 5. The first kappa shape index (κ1) is 21.5. The second-order valence-electron chi connectivity index (χ2n) is 10.1. The second kappa shape index (κ2) is 8.55. The number of benzene rings is 1. The van der Waals surface area contributed by atoms with E-state index < -0.39 is 0 Å². The van der Waals surface area contributed by atoms with Crippen LogP contribution >= 0.6 is 0 Å². The summed E-state index contributed by atoms with van der Waals surface area (Å²) in [5, 5.41) is 0. The summed E-state index contributed by atoms with van der Waals surface area (Å²) >= 11 is 0. The molecule has 4 heteroatoms. The summed E-state index contributed by atoms with van der Waals surface area (Å²) in [5.74, 6) is 1.42. The van der Waals surface area contributed by atoms with Crippen LogP contribution in [0.2, 0.25) is 0 Å². The molecule has 0 aromatic heterocycles. The molecular weight excluding hydrogens is 394 g/mol. The van der Waals surface area contributed by atoms with Gasteiger partial charge < -0.3 is 14.7 Å². The molecule has 0 amide bonds. The highest BCUT2D eigenvalue weighted by molar-refractivity contribution is 5.98. The minimum Gasteiger partial charge on any atom is -0.354 e. The molecule has 2 aliphatic heterocycles. The molecule has 0 spiro atoms. The Morgan fingerprint density at radius 3 is 2.47 bits per heavy atom. The van der Waals surface area contributed by atoms with Crippen molar-refractivity contribution in [2.75, 3.05) is 32.7 Å². The first-order chi connectivity index (χ1) is 15.4. The van der Waals surface area contributed by atoms with Gasteiger partial charge in [-0.1, -0.05) is 25.3 Å². The lowest BCUT2D eigenvalue weighted by atomic mass is 9.95. The highest BCUT2D eigenvalue weighted by atomic mass is 16.1. The van der Waals surface area contributed by atoms with E-state index in [1.165, 1.54) is 52.8 Å². The Morgan fingerprint density at radius 1 is 0.969 bits per heavy atom. The Balaban J connectivity index is 1.14. The molecule has 0 saturated carbocycles. The summed E-state index contributed by atoms with van der Waals surface area (Å²) in [4.78, 5) is 19.5. The topological polar surface area (TPSA) is 26.8 Å². The molecule has 5 rings (SSSR count). The van der Waals surface area contributed by atoms with E-state index in [0.717, 1.165) is 63.4 Å². The van der Waals surface area contributed by atoms with E-state index >= 15 is 0 Å². The molecule has 0 radical (unpaired) electrons. The van der Waals surface area contributed by atoms with Gasteiger partial charge in [0.05, 0.1) is 0 Å². The molecule has 0 unspecified atom stereocenters. The zero-order valence-electron chi connectivity index (χ0n) is 19.9. The third-order valence-electron chi connectivity index (χ3n) is 8.44. The van der Waals surface area contributed by atoms with Crippen LogP contribution in [0.5, 0.6) is 0 Å². The number of Topliss-reactive ketones (excluding diaryl/α,β-unsaturated/α-hetero) is 1. The zero-order valence-corrected chi connectivity index (χ0v) is 19.9. The molecule has 1 aromatic rings. The molecule has 0 N–H and O–H groups in total. The van der Waals surface area contributed by atoms with E-state index in [2.05, 4.69) is 46.9 Å². The molecule has 4 aliphatic rings. The summed E-state index contributed by atoms with van der Waals surface area (Å²) < 4.78 is 0. The van der Waals surface area contributed by atoms with Gasteiger partial charge in [0.25, 0.3) is 0 Å². The summed E-state index contributed by atoms with van der Waals surface area (Å²) in [6.45, 7) is 18.4. The Labute approximate surface area is 193 Å². The summed E-state index contributed by atoms with van der Waals surface area (Å²) in [6.07, 6.45) is 7.38. The third-order valence-corrected chi connectivity index (χ3v) is 8.44. The average Bonchev–Trinajstić information content (AvgIpc) is 3.46. The lowest BCUT2D eigenvalue weighted by Gasteiger charge is -2.38. The van der Waals surface area contributed by atoms with Gasteiger partial charge in [-0.3, -0.25) is 4.79 Å². The van der Waals surface area contributed by atoms with Crippen LogP contribution in [0, 0.1) is 6.92 Å². The predicted octanol–water partition coefficient (Wildman–Crippen LogP) is 4.69. The van der Waals surface area contributed by atoms with Gasteiger partial charge >= 0.3 is 0 Å². The van der Waals surface area contributed by atoms with Gasteiger partial charge in [-0.05, 0) is 80.2 Å². The number of fused-ring (bicyclic) bond motifs is 1. The number of allylic oxidation sites excluding steroid dienone is 3. The molecule has 0 atom stereocenters. The zero-order chi connectivity index (χ0) is 22.4. The van der Waals surface area contributed by atoms with Crippen molar-refractivity contribution in [1.29, 1.82) is 0 Å². The SMILES string of the molecule is C=C1CCc2c1ccc(CCN1CCC(N3CCN(C4=C(C)C(=O)CC4)C3=C)CC1)c2C. The number of hydrogen-bond acceptors (Lipinski definition) is 4. The molecule has 0 bridgehead atoms. The molecular formula is C28H37N3O. The van der Waals surface area contributed by atoms with Crippen molar-refractivity contribution in [3.63, 3.8) is 0 Å². The van der Waals surface area contributed by atoms with E-state index in [4.69, 9.17) is 0 Å². The molecule has 2 fully saturated rings. The van der Waals surface area contributed by atoms with Crippen LogP contribution in [0.3, 0.4) is 0 Å². The smallest absolute Gasteiger partial charge is 0.160 e. The lowest BCUT2D eigenvalue weighted by Crippen LogP contribution is -2.44. The van der Waals surface area contributed by atoms with Gasteiger partial charge in [0, 0.05) is 56.5 Å². The van der Waals surface area contributed by atoms with Crippen LogP contribution in [0.25, 0.3) is 5.57 Å². The number of ketones is 1. The summed E-state index contributed by atoms with van der Waals surface area (Å²) in [7, 11) is 0. The van der Waals surface area contributed by atoms with Crippen LogP contribution in [-0.4, -0.2) is 59.2 Å². The maximum Gasteiger partial charge on any atom is 0.160 e. The number of hydrogen-bond donors (Lipinski definition) is 0. The first-order valence-corrected chi connectivity index (χ1v) is 12.4. The van der Waals surface area contributed by atoms with E-state index in [0.29, 0.717) is 18.2 Å². The van der Waals surface area contributed by atoms with Gasteiger partial charge in [0.1, 0.15) is 5.82 Å². The van der Waals surface area contributed by atoms with Gasteiger partial charge in [0.15, 0.2) is 5.78 Å². The van der Waals surface area contributed by atoms with E-state index in [1.54, 1.807) is 0 Å². The van der Waals surface area contributed by atoms with Crippen molar-refractivity contribution in [2.45, 2.75) is 64.8 Å². The molecule has 1 aromatic carbocycles. The summed E-state index contributed by atoms with van der Waals surface area (Å²) in [5.41, 5.74) is 9.43. The second-order valence-corrected chi connectivity index (χ2v) is 10.1. The fourth-order valence-corrected chi connectivity index (χ4v) is 6.28. The van der Waals surface area contributed by atoms with Crippen molar-refractivity contribution in [1.82, 2.24) is 14.7 Å². The van der Waals surface area contributed by atoms with Crippen LogP contribution in [0.4, 0.5) is 0 Å². The Kier molecular flexibility index (Phi) is 5.75. The predicted molar refractivity (Wildman–Crippen MR) is 131 cm³/mol. The largest absolute Gasteiger partial charge is 0.354 e. The quantitative estimate of drug-likeness (QED) is 0.676. The van der Waals surface area contributed by atoms with Crippen molar-refractivity contribution in [3.05, 3.63) is 64.6 Å². The third kappa shape index (κ3) is 3.73. The van der Waals surface area contributed by atoms with Crippen molar-refractivity contribution in [2.24, 2.45) is 0 Å². The van der Waals surface area contributed by atoms with E-state index in [1.807, 2.05) is 6.92 Å². The fourth-order valence-electron chi connectivity index (χ4n) is 6.28. The van der Waals surface area contributed by atoms with Crippen LogP contribution in [0.1, 0.15) is 61.3 Å². The van der Waals surface area contributed by atoms with Gasteiger partial charge in [-0.15, -0.1) is 0 Å². The molecule has 32 heavy (non-hydrogen) atoms. The average molecular weight is 432 g/mol. The molecule has 2 heterocycles. The maximum atomic E-state index is 12.0. The minimum atomic E-state index is 0.308. The highest BCUT2D eigenvalue weighted by Crippen LogP contribution is 2.36. The lowest BCUT2D eigenvalue weighted by molar-refractivity contribution is -0.114. The standard InChI is InChI=1S/C28H37N3O/c1-19-5-7-26-20(2)23(6-8-25(19)26)11-14-29-15-12-24(13-16-29)30-17-18-31(22(30)4)27-9-10-28(32)21(27)3/h6,8,24H,1,4-5,7,9-18H2,2-3H3. The monoisotopic (exact) mass is 431 g/mol. The Hall–Kier alpha value is -2.33. The number of piperidine rings is 1. The molecule has 4 nitrogen and oxygen atoms in total. The maximum absolute atomic E-state index is 12.0. The van der Waals surface area contributed by atoms with Gasteiger partial charge in [0.2, 0.25) is 0 Å². The molecule has 2 saturated heterocycles. The normalized spacial score (nSPS) is 22.6. The van der Waals surface area contributed by atoms with E-state index in [9.17, 15) is 4.79 Å². The first-order valence-electron chi connectivity index (χ1n) is 12.4. The Morgan fingerprint density at radius 2 is 1.75 bits per heavy atom. The highest BCUT2D eigenvalue weighted by Gasteiger charge is 2.35. The van der Waals surface area contributed by atoms with Gasteiger partial charge in [-0.25, -0.2) is 0 Å². The van der Waals surface area contributed by atoms with Crippen molar-refractivity contribution < 1.29 is 4.79 Å².